The van der Waals surface area contributed by atoms with Gasteiger partial charge in [0.2, 0.25) is 0 Å². The topological polar surface area (TPSA) is 32.5 Å². The largest absolute Gasteiger partial charge is 0.327 e. The fraction of sp³-hybridized carbons (Fsp3) is 1.00. The van der Waals surface area contributed by atoms with Crippen molar-refractivity contribution in [3.8, 4) is 0 Å². The van der Waals surface area contributed by atoms with Gasteiger partial charge in [0.25, 0.3) is 0 Å². The second kappa shape index (κ2) is 5.03. The van der Waals surface area contributed by atoms with Gasteiger partial charge in [0, 0.05) is 25.2 Å². The molecule has 2 aliphatic rings. The minimum Gasteiger partial charge on any atom is -0.327 e. The quantitative estimate of drug-likeness (QED) is 0.761. The zero-order valence-corrected chi connectivity index (χ0v) is 11.0. The molecule has 4 atom stereocenters. The van der Waals surface area contributed by atoms with Gasteiger partial charge in [0.1, 0.15) is 0 Å². The number of nitrogens with two attached hydrogens (primary N) is 1. The molecule has 4 unspecified atom stereocenters. The molecule has 0 aliphatic carbocycles. The van der Waals surface area contributed by atoms with Gasteiger partial charge >= 0.3 is 0 Å². The molecule has 2 fully saturated rings. The lowest BCUT2D eigenvalue weighted by molar-refractivity contribution is 0.0828. The monoisotopic (exact) mass is 225 g/mol. The van der Waals surface area contributed by atoms with E-state index < -0.39 is 0 Å². The van der Waals surface area contributed by atoms with Crippen LogP contribution in [0.25, 0.3) is 0 Å². The predicted octanol–water partition coefficient (Wildman–Crippen LogP) is 0.996. The molecule has 94 valence electrons. The Labute approximate surface area is 100.0 Å². The first-order chi connectivity index (χ1) is 7.58. The fourth-order valence-corrected chi connectivity index (χ4v) is 3.24. The van der Waals surface area contributed by atoms with Crippen LogP contribution < -0.4 is 5.73 Å². The van der Waals surface area contributed by atoms with Crippen molar-refractivity contribution in [1.29, 1.82) is 0 Å². The molecule has 3 heteroatoms. The molecule has 0 spiro atoms. The summed E-state index contributed by atoms with van der Waals surface area (Å²) in [4.78, 5) is 5.12. The van der Waals surface area contributed by atoms with Crippen LogP contribution in [0.3, 0.4) is 0 Å². The summed E-state index contributed by atoms with van der Waals surface area (Å²) in [6.07, 6.45) is 2.55. The van der Waals surface area contributed by atoms with Gasteiger partial charge in [-0.1, -0.05) is 6.92 Å². The number of rotatable bonds is 2. The molecular formula is C13H27N3. The van der Waals surface area contributed by atoms with Crippen molar-refractivity contribution in [1.82, 2.24) is 9.80 Å². The third kappa shape index (κ3) is 2.58. The molecule has 16 heavy (non-hydrogen) atoms. The van der Waals surface area contributed by atoms with Crippen LogP contribution in [0.15, 0.2) is 0 Å². The molecular weight excluding hydrogens is 198 g/mol. The van der Waals surface area contributed by atoms with Gasteiger partial charge in [-0.2, -0.15) is 0 Å². The van der Waals surface area contributed by atoms with Crippen molar-refractivity contribution in [2.45, 2.75) is 38.8 Å². The number of likely N-dealkylation sites (tertiary alicyclic amines) is 2. The standard InChI is InChI=1S/C13H27N3/c1-10-11(2)16(7-5-13(10)14)9-12-4-6-15(3)8-12/h10-13H,4-9,14H2,1-3H3. The van der Waals surface area contributed by atoms with E-state index in [1.807, 2.05) is 0 Å². The Kier molecular flexibility index (Phi) is 3.88. The van der Waals surface area contributed by atoms with Gasteiger partial charge < -0.3 is 10.6 Å². The van der Waals surface area contributed by atoms with Crippen LogP contribution in [-0.2, 0) is 0 Å². The van der Waals surface area contributed by atoms with E-state index in [0.717, 1.165) is 5.92 Å². The van der Waals surface area contributed by atoms with Gasteiger partial charge in [-0.05, 0) is 51.7 Å². The predicted molar refractivity (Wildman–Crippen MR) is 68.4 cm³/mol. The highest BCUT2D eigenvalue weighted by molar-refractivity contribution is 4.88. The van der Waals surface area contributed by atoms with Crippen LogP contribution in [0, 0.1) is 11.8 Å². The molecule has 0 amide bonds. The Hall–Kier alpha value is -0.120. The molecule has 0 saturated carbocycles. The lowest BCUT2D eigenvalue weighted by atomic mass is 9.87. The van der Waals surface area contributed by atoms with Crippen LogP contribution >= 0.6 is 0 Å². The Morgan fingerprint density at radius 1 is 1.19 bits per heavy atom. The molecule has 0 radical (unpaired) electrons. The molecule has 3 nitrogen and oxygen atoms in total. The van der Waals surface area contributed by atoms with Crippen LogP contribution in [0.5, 0.6) is 0 Å². The summed E-state index contributed by atoms with van der Waals surface area (Å²) in [7, 11) is 2.23. The minimum absolute atomic E-state index is 0.414. The summed E-state index contributed by atoms with van der Waals surface area (Å²) in [6.45, 7) is 9.70. The van der Waals surface area contributed by atoms with E-state index in [2.05, 4.69) is 30.7 Å². The smallest absolute Gasteiger partial charge is 0.0107 e. The number of hydrogen-bond donors (Lipinski definition) is 1. The van der Waals surface area contributed by atoms with E-state index in [1.165, 1.54) is 39.0 Å². The van der Waals surface area contributed by atoms with Gasteiger partial charge in [-0.25, -0.2) is 0 Å². The molecule has 0 aromatic rings. The Morgan fingerprint density at radius 2 is 1.94 bits per heavy atom. The summed E-state index contributed by atoms with van der Waals surface area (Å²) in [5.41, 5.74) is 6.13. The van der Waals surface area contributed by atoms with Crippen molar-refractivity contribution in [2.75, 3.05) is 33.2 Å². The Morgan fingerprint density at radius 3 is 2.56 bits per heavy atom. The highest BCUT2D eigenvalue weighted by Gasteiger charge is 2.32. The normalized spacial score (nSPS) is 42.8. The molecule has 0 aromatic heterocycles. The summed E-state index contributed by atoms with van der Waals surface area (Å²) >= 11 is 0. The van der Waals surface area contributed by atoms with Crippen LogP contribution in [-0.4, -0.2) is 55.1 Å². The Bertz CT molecular complexity index is 231. The maximum absolute atomic E-state index is 6.13. The summed E-state index contributed by atoms with van der Waals surface area (Å²) in [6, 6.07) is 1.08. The van der Waals surface area contributed by atoms with Crippen molar-refractivity contribution in [2.24, 2.45) is 17.6 Å². The van der Waals surface area contributed by atoms with Crippen molar-refractivity contribution < 1.29 is 0 Å². The van der Waals surface area contributed by atoms with Crippen molar-refractivity contribution in [3.63, 3.8) is 0 Å². The second-order valence-electron chi connectivity index (χ2n) is 5.96. The van der Waals surface area contributed by atoms with Crippen molar-refractivity contribution in [3.05, 3.63) is 0 Å². The fourth-order valence-electron chi connectivity index (χ4n) is 3.24. The van der Waals surface area contributed by atoms with Gasteiger partial charge in [-0.15, -0.1) is 0 Å². The molecule has 2 rings (SSSR count). The molecule has 0 aromatic carbocycles. The summed E-state index contributed by atoms with van der Waals surface area (Å²) < 4.78 is 0. The zero-order chi connectivity index (χ0) is 11.7. The summed E-state index contributed by atoms with van der Waals surface area (Å²) in [5.74, 6) is 1.53. The van der Waals surface area contributed by atoms with Crippen molar-refractivity contribution >= 4 is 0 Å². The third-order valence-corrected chi connectivity index (χ3v) is 4.74. The number of piperidine rings is 1. The van der Waals surface area contributed by atoms with Crippen LogP contribution in [0.2, 0.25) is 0 Å². The highest BCUT2D eigenvalue weighted by Crippen LogP contribution is 2.25. The van der Waals surface area contributed by atoms with E-state index in [1.54, 1.807) is 0 Å². The zero-order valence-electron chi connectivity index (χ0n) is 11.0. The average molecular weight is 225 g/mol. The van der Waals surface area contributed by atoms with E-state index in [0.29, 0.717) is 18.0 Å². The highest BCUT2D eigenvalue weighted by atomic mass is 15.2. The number of hydrogen-bond acceptors (Lipinski definition) is 3. The first kappa shape index (κ1) is 12.3. The maximum Gasteiger partial charge on any atom is 0.0107 e. The summed E-state index contributed by atoms with van der Waals surface area (Å²) in [5, 5.41) is 0. The van der Waals surface area contributed by atoms with Gasteiger partial charge in [-0.3, -0.25) is 4.90 Å². The molecule has 2 N–H and O–H groups in total. The van der Waals surface area contributed by atoms with E-state index in [4.69, 9.17) is 5.73 Å². The maximum atomic E-state index is 6.13. The molecule has 2 heterocycles. The van der Waals surface area contributed by atoms with Gasteiger partial charge in [0.15, 0.2) is 0 Å². The van der Waals surface area contributed by atoms with E-state index >= 15 is 0 Å². The minimum atomic E-state index is 0.414. The molecule has 2 saturated heterocycles. The third-order valence-electron chi connectivity index (χ3n) is 4.74. The van der Waals surface area contributed by atoms with E-state index in [9.17, 15) is 0 Å². The lowest BCUT2D eigenvalue weighted by Gasteiger charge is -2.42. The van der Waals surface area contributed by atoms with Crippen LogP contribution in [0.4, 0.5) is 0 Å². The SMILES string of the molecule is CC1C(N)CCN(CC2CCN(C)C2)C1C. The first-order valence-corrected chi connectivity index (χ1v) is 6.76. The second-order valence-corrected chi connectivity index (χ2v) is 5.96. The van der Waals surface area contributed by atoms with Gasteiger partial charge in [0.05, 0.1) is 0 Å². The first-order valence-electron chi connectivity index (χ1n) is 6.76. The Balaban J connectivity index is 1.85. The lowest BCUT2D eigenvalue weighted by Crippen LogP contribution is -2.52. The molecule has 0 bridgehead atoms. The average Bonchev–Trinajstić information content (AvgIpc) is 2.65. The van der Waals surface area contributed by atoms with Crippen LogP contribution in [0.1, 0.15) is 26.7 Å². The molecule has 2 aliphatic heterocycles. The van der Waals surface area contributed by atoms with E-state index in [-0.39, 0.29) is 0 Å². The number of nitrogens with zero attached hydrogens (tertiary/aromatic N) is 2.